The lowest BCUT2D eigenvalue weighted by Crippen LogP contribution is -2.24. The molecule has 0 aliphatic carbocycles. The Balaban J connectivity index is 1.24. The SMILES string of the molecule is COc1ccccc1C(=O)NCCCCCc1nc2ccccc2n1CCCCOc1c(C)cccc1C. The number of benzene rings is 3. The molecular formula is C32H39N3O3. The van der Waals surface area contributed by atoms with E-state index >= 15 is 0 Å². The van der Waals surface area contributed by atoms with Crippen molar-refractivity contribution in [1.82, 2.24) is 14.9 Å². The number of imidazole rings is 1. The molecular weight excluding hydrogens is 474 g/mol. The number of unbranched alkanes of at least 4 members (excludes halogenated alkanes) is 3. The van der Waals surface area contributed by atoms with Crippen molar-refractivity contribution in [2.24, 2.45) is 0 Å². The number of fused-ring (bicyclic) bond motifs is 1. The highest BCUT2D eigenvalue weighted by Gasteiger charge is 2.12. The lowest BCUT2D eigenvalue weighted by Gasteiger charge is -2.13. The van der Waals surface area contributed by atoms with Gasteiger partial charge in [0.15, 0.2) is 0 Å². The molecule has 0 bridgehead atoms. The summed E-state index contributed by atoms with van der Waals surface area (Å²) in [6.45, 7) is 6.49. The zero-order valence-corrected chi connectivity index (χ0v) is 22.8. The van der Waals surface area contributed by atoms with Gasteiger partial charge in [-0.25, -0.2) is 4.98 Å². The lowest BCUT2D eigenvalue weighted by molar-refractivity contribution is 0.0950. The molecule has 3 aromatic carbocycles. The van der Waals surface area contributed by atoms with E-state index in [0.29, 0.717) is 24.5 Å². The molecule has 0 aliphatic rings. The normalized spacial score (nSPS) is 11.0. The van der Waals surface area contributed by atoms with Gasteiger partial charge in [0.1, 0.15) is 17.3 Å². The third-order valence-electron chi connectivity index (χ3n) is 6.88. The van der Waals surface area contributed by atoms with Crippen LogP contribution in [0.5, 0.6) is 11.5 Å². The molecule has 0 atom stereocenters. The molecule has 0 spiro atoms. The quantitative estimate of drug-likeness (QED) is 0.191. The molecule has 0 saturated heterocycles. The molecule has 200 valence electrons. The number of hydrogen-bond acceptors (Lipinski definition) is 4. The Morgan fingerprint density at radius 3 is 2.45 bits per heavy atom. The third kappa shape index (κ3) is 6.94. The first-order valence-corrected chi connectivity index (χ1v) is 13.6. The molecule has 1 N–H and O–H groups in total. The van der Waals surface area contributed by atoms with Gasteiger partial charge in [-0.1, -0.05) is 48.9 Å². The average Bonchev–Trinajstić information content (AvgIpc) is 3.28. The van der Waals surface area contributed by atoms with Gasteiger partial charge < -0.3 is 19.4 Å². The number of carbonyl (C=O) groups excluding carboxylic acids is 1. The van der Waals surface area contributed by atoms with Gasteiger partial charge >= 0.3 is 0 Å². The summed E-state index contributed by atoms with van der Waals surface area (Å²) in [5, 5.41) is 3.01. The van der Waals surface area contributed by atoms with Gasteiger partial charge in [0.05, 0.1) is 30.3 Å². The largest absolute Gasteiger partial charge is 0.496 e. The number of carbonyl (C=O) groups is 1. The molecule has 6 nitrogen and oxygen atoms in total. The number of ether oxygens (including phenoxy) is 2. The van der Waals surface area contributed by atoms with E-state index < -0.39 is 0 Å². The van der Waals surface area contributed by atoms with Crippen LogP contribution in [-0.4, -0.2) is 35.7 Å². The number of para-hydroxylation sites is 4. The molecule has 0 unspecified atom stereocenters. The maximum atomic E-state index is 12.5. The summed E-state index contributed by atoms with van der Waals surface area (Å²) < 4.78 is 13.8. The van der Waals surface area contributed by atoms with Gasteiger partial charge in [-0.3, -0.25) is 4.79 Å². The molecule has 4 aromatic rings. The van der Waals surface area contributed by atoms with E-state index in [4.69, 9.17) is 14.5 Å². The van der Waals surface area contributed by atoms with Crippen LogP contribution in [0, 0.1) is 13.8 Å². The van der Waals surface area contributed by atoms with Gasteiger partial charge in [-0.15, -0.1) is 0 Å². The maximum absolute atomic E-state index is 12.5. The highest BCUT2D eigenvalue weighted by Crippen LogP contribution is 2.23. The van der Waals surface area contributed by atoms with E-state index in [1.807, 2.05) is 18.2 Å². The molecule has 0 radical (unpaired) electrons. The Kier molecular flexibility index (Phi) is 9.79. The van der Waals surface area contributed by atoms with Crippen molar-refractivity contribution >= 4 is 16.9 Å². The van der Waals surface area contributed by atoms with Crippen LogP contribution in [0.25, 0.3) is 11.0 Å². The lowest BCUT2D eigenvalue weighted by atomic mass is 10.1. The highest BCUT2D eigenvalue weighted by molar-refractivity contribution is 5.96. The highest BCUT2D eigenvalue weighted by atomic mass is 16.5. The van der Waals surface area contributed by atoms with Gasteiger partial charge in [0.2, 0.25) is 0 Å². The fraction of sp³-hybridized carbons (Fsp3) is 0.375. The molecule has 0 saturated carbocycles. The number of aromatic nitrogens is 2. The molecule has 6 heteroatoms. The maximum Gasteiger partial charge on any atom is 0.255 e. The van der Waals surface area contributed by atoms with Crippen LogP contribution < -0.4 is 14.8 Å². The van der Waals surface area contributed by atoms with Crippen molar-refractivity contribution in [3.63, 3.8) is 0 Å². The second-order valence-electron chi connectivity index (χ2n) is 9.71. The summed E-state index contributed by atoms with van der Waals surface area (Å²) >= 11 is 0. The van der Waals surface area contributed by atoms with Crippen molar-refractivity contribution in [2.45, 2.75) is 58.9 Å². The Bertz CT molecular complexity index is 1320. The van der Waals surface area contributed by atoms with E-state index in [1.54, 1.807) is 19.2 Å². The van der Waals surface area contributed by atoms with Crippen LogP contribution >= 0.6 is 0 Å². The summed E-state index contributed by atoms with van der Waals surface area (Å²) in [6.07, 6.45) is 5.94. The summed E-state index contributed by atoms with van der Waals surface area (Å²) in [7, 11) is 1.58. The summed E-state index contributed by atoms with van der Waals surface area (Å²) in [6, 6.07) is 21.9. The third-order valence-corrected chi connectivity index (χ3v) is 6.88. The molecule has 1 aromatic heterocycles. The van der Waals surface area contributed by atoms with Crippen LogP contribution in [-0.2, 0) is 13.0 Å². The second kappa shape index (κ2) is 13.7. The van der Waals surface area contributed by atoms with E-state index in [0.717, 1.165) is 62.2 Å². The number of hydrogen-bond donors (Lipinski definition) is 1. The Hall–Kier alpha value is -3.80. The summed E-state index contributed by atoms with van der Waals surface area (Å²) in [5.74, 6) is 2.66. The molecule has 0 fully saturated rings. The molecule has 0 aliphatic heterocycles. The molecule has 1 amide bonds. The van der Waals surface area contributed by atoms with Crippen molar-refractivity contribution in [2.75, 3.05) is 20.3 Å². The number of aryl methyl sites for hydroxylation is 4. The van der Waals surface area contributed by atoms with Crippen LogP contribution in [0.15, 0.2) is 66.7 Å². The first-order valence-electron chi connectivity index (χ1n) is 13.6. The topological polar surface area (TPSA) is 65.4 Å². The van der Waals surface area contributed by atoms with Crippen LogP contribution in [0.1, 0.15) is 59.4 Å². The van der Waals surface area contributed by atoms with Crippen LogP contribution in [0.3, 0.4) is 0 Å². The Labute approximate surface area is 226 Å². The van der Waals surface area contributed by atoms with Crippen molar-refractivity contribution in [3.05, 3.63) is 89.2 Å². The predicted molar refractivity (Wildman–Crippen MR) is 153 cm³/mol. The van der Waals surface area contributed by atoms with Crippen LogP contribution in [0.4, 0.5) is 0 Å². The van der Waals surface area contributed by atoms with Gasteiger partial charge in [-0.05, 0) is 74.9 Å². The number of rotatable bonds is 14. The molecule has 1 heterocycles. The summed E-state index contributed by atoms with van der Waals surface area (Å²) in [5.41, 5.74) is 5.20. The average molecular weight is 514 g/mol. The Morgan fingerprint density at radius 2 is 1.63 bits per heavy atom. The molecule has 38 heavy (non-hydrogen) atoms. The minimum absolute atomic E-state index is 0.0918. The summed E-state index contributed by atoms with van der Waals surface area (Å²) in [4.78, 5) is 17.4. The first-order chi connectivity index (χ1) is 18.6. The zero-order valence-electron chi connectivity index (χ0n) is 22.8. The van der Waals surface area contributed by atoms with Gasteiger partial charge in [-0.2, -0.15) is 0 Å². The first kappa shape index (κ1) is 27.2. The monoisotopic (exact) mass is 513 g/mol. The van der Waals surface area contributed by atoms with Gasteiger partial charge in [0.25, 0.3) is 5.91 Å². The fourth-order valence-corrected chi connectivity index (χ4v) is 4.85. The van der Waals surface area contributed by atoms with E-state index in [2.05, 4.69) is 60.1 Å². The van der Waals surface area contributed by atoms with Crippen molar-refractivity contribution < 1.29 is 14.3 Å². The number of nitrogens with zero attached hydrogens (tertiary/aromatic N) is 2. The van der Waals surface area contributed by atoms with Crippen LogP contribution in [0.2, 0.25) is 0 Å². The standard InChI is InChI=1S/C32H39N3O3/c1-24-14-13-15-25(2)31(24)38-23-12-11-22-35-28-18-8-7-17-27(28)34-30(35)20-5-4-10-21-33-32(36)26-16-6-9-19-29(26)37-3/h6-9,13-19H,4-5,10-12,20-23H2,1-3H3,(H,33,36). The van der Waals surface area contributed by atoms with E-state index in [-0.39, 0.29) is 5.91 Å². The number of nitrogens with one attached hydrogen (secondary N) is 1. The predicted octanol–water partition coefficient (Wildman–Crippen LogP) is 6.66. The minimum Gasteiger partial charge on any atom is -0.496 e. The fourth-order valence-electron chi connectivity index (χ4n) is 4.85. The van der Waals surface area contributed by atoms with Crippen molar-refractivity contribution in [1.29, 1.82) is 0 Å². The smallest absolute Gasteiger partial charge is 0.255 e. The number of amides is 1. The van der Waals surface area contributed by atoms with Gasteiger partial charge in [0, 0.05) is 19.5 Å². The minimum atomic E-state index is -0.0918. The number of methoxy groups -OCH3 is 1. The molecule has 4 rings (SSSR count). The van der Waals surface area contributed by atoms with Crippen molar-refractivity contribution in [3.8, 4) is 11.5 Å². The van der Waals surface area contributed by atoms with E-state index in [9.17, 15) is 4.79 Å². The van der Waals surface area contributed by atoms with E-state index in [1.165, 1.54) is 16.6 Å². The second-order valence-corrected chi connectivity index (χ2v) is 9.71. The Morgan fingerprint density at radius 1 is 0.868 bits per heavy atom. The zero-order chi connectivity index (χ0) is 26.7.